The maximum atomic E-state index is 12.8. The van der Waals surface area contributed by atoms with Crippen LogP contribution in [0.5, 0.6) is 5.75 Å². The van der Waals surface area contributed by atoms with Gasteiger partial charge in [0.15, 0.2) is 0 Å². The average Bonchev–Trinajstić information content (AvgIpc) is 3.12. The van der Waals surface area contributed by atoms with Crippen LogP contribution < -0.4 is 10.1 Å². The number of ether oxygens (including phenoxy) is 1. The number of alkyl halides is 3. The molecule has 29 heavy (non-hydrogen) atoms. The quantitative estimate of drug-likeness (QED) is 0.669. The molecule has 0 aliphatic carbocycles. The number of aryl methyl sites for hydroxylation is 1. The van der Waals surface area contributed by atoms with Crippen LogP contribution in [-0.4, -0.2) is 33.2 Å². The monoisotopic (exact) mass is 425 g/mol. The fourth-order valence-electron chi connectivity index (χ4n) is 2.51. The van der Waals surface area contributed by atoms with Crippen molar-refractivity contribution in [3.63, 3.8) is 0 Å². The highest BCUT2D eigenvalue weighted by Crippen LogP contribution is 2.32. The van der Waals surface area contributed by atoms with E-state index in [1.165, 1.54) is 19.2 Å². The van der Waals surface area contributed by atoms with Crippen molar-refractivity contribution in [2.75, 3.05) is 12.4 Å². The second-order valence-corrected chi connectivity index (χ2v) is 6.48. The number of aromatic nitrogens is 4. The minimum atomic E-state index is -4.48. The van der Waals surface area contributed by atoms with Crippen molar-refractivity contribution in [3.05, 3.63) is 52.5 Å². The van der Waals surface area contributed by atoms with Gasteiger partial charge in [-0.05, 0) is 35.9 Å². The SMILES string of the molecule is COc1cc(Cl)c(C)cc1NC(=O)Cn1nnc(-c2cccc(C(F)(F)F)c2)n1. The zero-order valence-electron chi connectivity index (χ0n) is 15.3. The molecule has 11 heteroatoms. The van der Waals surface area contributed by atoms with E-state index in [4.69, 9.17) is 16.3 Å². The third-order valence-corrected chi connectivity index (χ3v) is 4.35. The Morgan fingerprint density at radius 2 is 2.03 bits per heavy atom. The van der Waals surface area contributed by atoms with Crippen molar-refractivity contribution in [2.45, 2.75) is 19.6 Å². The van der Waals surface area contributed by atoms with E-state index in [9.17, 15) is 18.0 Å². The van der Waals surface area contributed by atoms with Gasteiger partial charge in [0.1, 0.15) is 12.3 Å². The number of tetrazole rings is 1. The first-order valence-electron chi connectivity index (χ1n) is 8.27. The molecule has 1 N–H and O–H groups in total. The number of nitrogens with zero attached hydrogens (tertiary/aromatic N) is 4. The Kier molecular flexibility index (Phi) is 5.73. The molecular formula is C18H15ClF3N5O2. The number of nitrogens with one attached hydrogen (secondary N) is 1. The standard InChI is InChI=1S/C18H15ClF3N5O2/c1-10-6-14(15(29-2)8-13(10)19)23-16(28)9-27-25-17(24-26-27)11-4-3-5-12(7-11)18(20,21)22/h3-8H,9H2,1-2H3,(H,23,28). The molecule has 0 atom stereocenters. The number of carbonyl (C=O) groups is 1. The van der Waals surface area contributed by atoms with Gasteiger partial charge in [-0.15, -0.1) is 10.2 Å². The summed E-state index contributed by atoms with van der Waals surface area (Å²) in [4.78, 5) is 13.3. The predicted molar refractivity (Wildman–Crippen MR) is 99.6 cm³/mol. The van der Waals surface area contributed by atoms with Crippen LogP contribution in [0, 0.1) is 6.92 Å². The predicted octanol–water partition coefficient (Wildman–Crippen LogP) is 3.97. The van der Waals surface area contributed by atoms with Crippen molar-refractivity contribution in [3.8, 4) is 17.1 Å². The molecule has 0 aliphatic rings. The second-order valence-electron chi connectivity index (χ2n) is 6.07. The van der Waals surface area contributed by atoms with Gasteiger partial charge in [-0.3, -0.25) is 4.79 Å². The molecule has 1 amide bonds. The zero-order valence-corrected chi connectivity index (χ0v) is 16.0. The van der Waals surface area contributed by atoms with E-state index in [-0.39, 0.29) is 17.9 Å². The van der Waals surface area contributed by atoms with Crippen molar-refractivity contribution in [1.82, 2.24) is 20.2 Å². The van der Waals surface area contributed by atoms with Crippen molar-refractivity contribution >= 4 is 23.2 Å². The lowest BCUT2D eigenvalue weighted by atomic mass is 10.1. The molecule has 0 bridgehead atoms. The topological polar surface area (TPSA) is 81.9 Å². The third-order valence-electron chi connectivity index (χ3n) is 3.94. The molecule has 1 aromatic heterocycles. The van der Waals surface area contributed by atoms with Gasteiger partial charge in [0.2, 0.25) is 11.7 Å². The number of methoxy groups -OCH3 is 1. The number of carbonyl (C=O) groups excluding carboxylic acids is 1. The summed E-state index contributed by atoms with van der Waals surface area (Å²) < 4.78 is 43.7. The van der Waals surface area contributed by atoms with Gasteiger partial charge in [0.05, 0.1) is 18.4 Å². The van der Waals surface area contributed by atoms with E-state index in [2.05, 4.69) is 20.7 Å². The Morgan fingerprint density at radius 3 is 2.72 bits per heavy atom. The van der Waals surface area contributed by atoms with E-state index in [1.54, 1.807) is 19.1 Å². The Morgan fingerprint density at radius 1 is 1.28 bits per heavy atom. The maximum absolute atomic E-state index is 12.8. The van der Waals surface area contributed by atoms with Gasteiger partial charge in [-0.2, -0.15) is 18.0 Å². The first kappa shape index (κ1) is 20.6. The number of benzene rings is 2. The number of rotatable bonds is 5. The smallest absolute Gasteiger partial charge is 0.416 e. The summed E-state index contributed by atoms with van der Waals surface area (Å²) in [6.07, 6.45) is -4.48. The molecule has 0 radical (unpaired) electrons. The molecule has 0 saturated carbocycles. The molecule has 1 heterocycles. The molecule has 0 fully saturated rings. The van der Waals surface area contributed by atoms with E-state index < -0.39 is 17.6 Å². The number of hydrogen-bond donors (Lipinski definition) is 1. The Labute approximate surface area is 168 Å². The fraction of sp³-hybridized carbons (Fsp3) is 0.222. The molecular weight excluding hydrogens is 411 g/mol. The number of halogens is 4. The maximum Gasteiger partial charge on any atom is 0.416 e. The van der Waals surface area contributed by atoms with Gasteiger partial charge in [0, 0.05) is 16.7 Å². The molecule has 3 aromatic rings. The van der Waals surface area contributed by atoms with Crippen LogP contribution >= 0.6 is 11.6 Å². The normalized spacial score (nSPS) is 11.4. The first-order valence-corrected chi connectivity index (χ1v) is 8.64. The zero-order chi connectivity index (χ0) is 21.2. The van der Waals surface area contributed by atoms with Gasteiger partial charge in [0.25, 0.3) is 0 Å². The second kappa shape index (κ2) is 8.08. The summed E-state index contributed by atoms with van der Waals surface area (Å²) >= 11 is 6.04. The van der Waals surface area contributed by atoms with Gasteiger partial charge >= 0.3 is 6.18 Å². The first-order chi connectivity index (χ1) is 13.7. The molecule has 0 spiro atoms. The van der Waals surface area contributed by atoms with E-state index in [1.807, 2.05) is 0 Å². The molecule has 0 aliphatic heterocycles. The lowest BCUT2D eigenvalue weighted by Crippen LogP contribution is -2.21. The van der Waals surface area contributed by atoms with Crippen LogP contribution in [0.15, 0.2) is 36.4 Å². The molecule has 2 aromatic carbocycles. The Balaban J connectivity index is 1.74. The van der Waals surface area contributed by atoms with Gasteiger partial charge in [-0.1, -0.05) is 23.7 Å². The minimum absolute atomic E-state index is 0.0242. The molecule has 7 nitrogen and oxygen atoms in total. The summed E-state index contributed by atoms with van der Waals surface area (Å²) in [7, 11) is 1.44. The molecule has 3 rings (SSSR count). The summed E-state index contributed by atoms with van der Waals surface area (Å²) in [6, 6.07) is 7.78. The summed E-state index contributed by atoms with van der Waals surface area (Å²) in [5.74, 6) is -0.119. The van der Waals surface area contributed by atoms with Crippen LogP contribution in [0.4, 0.5) is 18.9 Å². The highest BCUT2D eigenvalue weighted by molar-refractivity contribution is 6.31. The van der Waals surface area contributed by atoms with Crippen molar-refractivity contribution in [2.24, 2.45) is 0 Å². The number of anilines is 1. The van der Waals surface area contributed by atoms with E-state index in [0.29, 0.717) is 16.5 Å². The number of hydrogen-bond acceptors (Lipinski definition) is 5. The third kappa shape index (κ3) is 4.83. The lowest BCUT2D eigenvalue weighted by molar-refractivity contribution is -0.137. The molecule has 0 saturated heterocycles. The van der Waals surface area contributed by atoms with Gasteiger partial charge in [-0.25, -0.2) is 0 Å². The lowest BCUT2D eigenvalue weighted by Gasteiger charge is -2.12. The molecule has 152 valence electrons. The van der Waals surface area contributed by atoms with Crippen LogP contribution in [0.3, 0.4) is 0 Å². The summed E-state index contributed by atoms with van der Waals surface area (Å²) in [5.41, 5.74) is 0.474. The minimum Gasteiger partial charge on any atom is -0.495 e. The van der Waals surface area contributed by atoms with E-state index >= 15 is 0 Å². The average molecular weight is 426 g/mol. The Bertz CT molecular complexity index is 1050. The highest BCUT2D eigenvalue weighted by atomic mass is 35.5. The Hall–Kier alpha value is -3.14. The van der Waals surface area contributed by atoms with Crippen LogP contribution in [-0.2, 0) is 17.5 Å². The highest BCUT2D eigenvalue weighted by Gasteiger charge is 2.30. The fourth-order valence-corrected chi connectivity index (χ4v) is 2.66. The number of amides is 1. The van der Waals surface area contributed by atoms with Gasteiger partial charge < -0.3 is 10.1 Å². The van der Waals surface area contributed by atoms with E-state index in [0.717, 1.165) is 22.5 Å². The summed E-state index contributed by atoms with van der Waals surface area (Å²) in [6.45, 7) is 1.48. The van der Waals surface area contributed by atoms with Crippen LogP contribution in [0.2, 0.25) is 5.02 Å². The largest absolute Gasteiger partial charge is 0.495 e. The van der Waals surface area contributed by atoms with Crippen LogP contribution in [0.25, 0.3) is 11.4 Å². The van der Waals surface area contributed by atoms with Crippen molar-refractivity contribution < 1.29 is 22.7 Å². The van der Waals surface area contributed by atoms with Crippen molar-refractivity contribution in [1.29, 1.82) is 0 Å². The van der Waals surface area contributed by atoms with Crippen LogP contribution in [0.1, 0.15) is 11.1 Å². The summed E-state index contributed by atoms with van der Waals surface area (Å²) in [5, 5.41) is 14.6. The molecule has 0 unspecified atom stereocenters.